The lowest BCUT2D eigenvalue weighted by Gasteiger charge is -2.41. The third-order valence-electron chi connectivity index (χ3n) is 5.60. The molecule has 1 aliphatic heterocycles. The van der Waals surface area contributed by atoms with Crippen molar-refractivity contribution in [3.05, 3.63) is 22.5 Å². The van der Waals surface area contributed by atoms with E-state index in [0.29, 0.717) is 12.0 Å². The minimum atomic E-state index is -2.54. The maximum absolute atomic E-state index is 13.7. The molecule has 3 heterocycles. The van der Waals surface area contributed by atoms with E-state index in [2.05, 4.69) is 26.2 Å². The van der Waals surface area contributed by atoms with Gasteiger partial charge in [0.1, 0.15) is 11.9 Å². The largest absolute Gasteiger partial charge is 0.444 e. The molecule has 1 saturated carbocycles. The summed E-state index contributed by atoms with van der Waals surface area (Å²) in [5, 5.41) is 13.3. The lowest BCUT2D eigenvalue weighted by molar-refractivity contribution is -0.0785. The summed E-state index contributed by atoms with van der Waals surface area (Å²) in [6.45, 7) is 0.686. The average molecular weight is 439 g/mol. The standard InChI is InChI=1S/C19H21BrF2N4O/c20-17-15-8-14(9-23)27-16(15)10-24-18(17)25-12-2-4-13(5-3-12)26-7-1-6-19(21,22)11-26/h8,10,12-13H,1-7,11H2,(H,24,25). The molecular formula is C19H21BrF2N4O. The van der Waals surface area contributed by atoms with Crippen molar-refractivity contribution in [2.45, 2.75) is 56.5 Å². The molecule has 1 saturated heterocycles. The first-order valence-electron chi connectivity index (χ1n) is 9.32. The fraction of sp³-hybridized carbons (Fsp3) is 0.579. The van der Waals surface area contributed by atoms with Crippen molar-refractivity contribution in [2.75, 3.05) is 18.4 Å². The summed E-state index contributed by atoms with van der Waals surface area (Å²) in [6, 6.07) is 4.20. The molecule has 5 nitrogen and oxygen atoms in total. The van der Waals surface area contributed by atoms with E-state index >= 15 is 0 Å². The number of anilines is 1. The molecule has 0 atom stereocenters. The number of nitriles is 1. The minimum absolute atomic E-state index is 0.0180. The Labute approximate surface area is 164 Å². The van der Waals surface area contributed by atoms with Gasteiger partial charge in [-0.3, -0.25) is 4.90 Å². The molecule has 2 fully saturated rings. The molecule has 0 spiro atoms. The molecule has 27 heavy (non-hydrogen) atoms. The van der Waals surface area contributed by atoms with Crippen LogP contribution < -0.4 is 5.32 Å². The molecule has 4 rings (SSSR count). The quantitative estimate of drug-likeness (QED) is 0.736. The second-order valence-electron chi connectivity index (χ2n) is 7.50. The van der Waals surface area contributed by atoms with Gasteiger partial charge in [-0.15, -0.1) is 0 Å². The Morgan fingerprint density at radius 3 is 2.81 bits per heavy atom. The molecule has 8 heteroatoms. The second-order valence-corrected chi connectivity index (χ2v) is 8.29. The maximum Gasteiger partial charge on any atom is 0.260 e. The normalized spacial score (nSPS) is 26.0. The van der Waals surface area contributed by atoms with Crippen molar-refractivity contribution in [1.82, 2.24) is 9.88 Å². The Morgan fingerprint density at radius 2 is 2.11 bits per heavy atom. The summed E-state index contributed by atoms with van der Waals surface area (Å²) < 4.78 is 33.5. The number of nitrogens with zero attached hydrogens (tertiary/aromatic N) is 3. The maximum atomic E-state index is 13.7. The first kappa shape index (κ1) is 18.6. The summed E-state index contributed by atoms with van der Waals surface area (Å²) >= 11 is 3.55. The predicted molar refractivity (Wildman–Crippen MR) is 102 cm³/mol. The lowest BCUT2D eigenvalue weighted by atomic mass is 9.89. The van der Waals surface area contributed by atoms with Gasteiger partial charge in [0.15, 0.2) is 5.58 Å². The summed E-state index contributed by atoms with van der Waals surface area (Å²) in [4.78, 5) is 6.39. The van der Waals surface area contributed by atoms with Gasteiger partial charge >= 0.3 is 0 Å². The second kappa shape index (κ2) is 7.36. The number of halogens is 3. The van der Waals surface area contributed by atoms with Gasteiger partial charge in [0.25, 0.3) is 5.92 Å². The van der Waals surface area contributed by atoms with Crippen LogP contribution in [0, 0.1) is 11.3 Å². The number of hydrogen-bond donors (Lipinski definition) is 1. The third-order valence-corrected chi connectivity index (χ3v) is 6.41. The highest BCUT2D eigenvalue weighted by atomic mass is 79.9. The van der Waals surface area contributed by atoms with Gasteiger partial charge in [-0.2, -0.15) is 5.26 Å². The van der Waals surface area contributed by atoms with Gasteiger partial charge < -0.3 is 9.73 Å². The van der Waals surface area contributed by atoms with E-state index in [1.165, 1.54) is 0 Å². The number of pyridine rings is 1. The highest BCUT2D eigenvalue weighted by Crippen LogP contribution is 2.35. The highest BCUT2D eigenvalue weighted by molar-refractivity contribution is 9.10. The molecule has 0 radical (unpaired) electrons. The molecule has 2 aromatic rings. The van der Waals surface area contributed by atoms with Crippen LogP contribution in [0.1, 0.15) is 44.3 Å². The number of fused-ring (bicyclic) bond motifs is 1. The van der Waals surface area contributed by atoms with E-state index in [-0.39, 0.29) is 30.8 Å². The number of likely N-dealkylation sites (tertiary alicyclic amines) is 1. The van der Waals surface area contributed by atoms with Gasteiger partial charge in [-0.1, -0.05) is 0 Å². The van der Waals surface area contributed by atoms with Crippen LogP contribution >= 0.6 is 15.9 Å². The first-order valence-corrected chi connectivity index (χ1v) is 10.1. The Hall–Kier alpha value is -1.72. The van der Waals surface area contributed by atoms with E-state index < -0.39 is 5.92 Å². The predicted octanol–water partition coefficient (Wildman–Crippen LogP) is 4.92. The first-order chi connectivity index (χ1) is 12.9. The third kappa shape index (κ3) is 3.94. The number of piperidine rings is 1. The fourth-order valence-corrected chi connectivity index (χ4v) is 4.75. The van der Waals surface area contributed by atoms with Crippen molar-refractivity contribution in [3.63, 3.8) is 0 Å². The van der Waals surface area contributed by atoms with Crippen LogP contribution in [-0.2, 0) is 0 Å². The molecule has 1 aliphatic carbocycles. The summed E-state index contributed by atoms with van der Waals surface area (Å²) in [6.07, 6.45) is 5.89. The van der Waals surface area contributed by atoms with E-state index in [4.69, 9.17) is 9.68 Å². The van der Waals surface area contributed by atoms with Gasteiger partial charge in [-0.25, -0.2) is 13.8 Å². The molecule has 144 valence electrons. The van der Waals surface area contributed by atoms with Gasteiger partial charge in [0.05, 0.1) is 17.2 Å². The summed E-state index contributed by atoms with van der Waals surface area (Å²) in [5.41, 5.74) is 0.568. The molecule has 0 amide bonds. The smallest absolute Gasteiger partial charge is 0.260 e. The van der Waals surface area contributed by atoms with Crippen LogP contribution in [0.25, 0.3) is 11.0 Å². The molecule has 2 aromatic heterocycles. The molecular weight excluding hydrogens is 418 g/mol. The van der Waals surface area contributed by atoms with E-state index in [1.54, 1.807) is 12.3 Å². The van der Waals surface area contributed by atoms with Crippen LogP contribution in [-0.4, -0.2) is 41.0 Å². The number of furan rings is 1. The summed E-state index contributed by atoms with van der Waals surface area (Å²) in [7, 11) is 0. The van der Waals surface area contributed by atoms with Gasteiger partial charge in [0.2, 0.25) is 5.76 Å². The van der Waals surface area contributed by atoms with Crippen molar-refractivity contribution in [3.8, 4) is 6.07 Å². The number of hydrogen-bond acceptors (Lipinski definition) is 5. The zero-order valence-corrected chi connectivity index (χ0v) is 16.4. The van der Waals surface area contributed by atoms with Gasteiger partial charge in [0, 0.05) is 30.0 Å². The Balaban J connectivity index is 1.39. The number of nitrogens with one attached hydrogen (secondary N) is 1. The van der Waals surface area contributed by atoms with Crippen LogP contribution in [0.4, 0.5) is 14.6 Å². The molecule has 0 bridgehead atoms. The number of alkyl halides is 2. The van der Waals surface area contributed by atoms with E-state index in [0.717, 1.165) is 47.9 Å². The molecule has 0 unspecified atom stereocenters. The number of aromatic nitrogens is 1. The summed E-state index contributed by atoms with van der Waals surface area (Å²) in [5.74, 6) is -1.56. The molecule has 0 aromatic carbocycles. The van der Waals surface area contributed by atoms with Crippen LogP contribution in [0.2, 0.25) is 0 Å². The van der Waals surface area contributed by atoms with Crippen LogP contribution in [0.5, 0.6) is 0 Å². The van der Waals surface area contributed by atoms with E-state index in [9.17, 15) is 8.78 Å². The molecule has 2 aliphatic rings. The SMILES string of the molecule is N#Cc1cc2c(Br)c(NC3CCC(N4CCCC(F)(F)C4)CC3)ncc2o1. The van der Waals surface area contributed by atoms with Crippen molar-refractivity contribution in [1.29, 1.82) is 5.26 Å². The highest BCUT2D eigenvalue weighted by Gasteiger charge is 2.38. The Bertz CT molecular complexity index is 870. The van der Waals surface area contributed by atoms with E-state index in [1.807, 2.05) is 11.0 Å². The zero-order chi connectivity index (χ0) is 19.0. The van der Waals surface area contributed by atoms with Crippen molar-refractivity contribution in [2.24, 2.45) is 0 Å². The fourth-order valence-electron chi connectivity index (χ4n) is 4.22. The monoisotopic (exact) mass is 438 g/mol. The van der Waals surface area contributed by atoms with Crippen LogP contribution in [0.15, 0.2) is 21.2 Å². The van der Waals surface area contributed by atoms with Crippen molar-refractivity contribution >= 4 is 32.7 Å². The topological polar surface area (TPSA) is 65.1 Å². The zero-order valence-electron chi connectivity index (χ0n) is 14.9. The Morgan fingerprint density at radius 1 is 1.33 bits per heavy atom. The van der Waals surface area contributed by atoms with Crippen molar-refractivity contribution < 1.29 is 13.2 Å². The molecule has 1 N–H and O–H groups in total. The van der Waals surface area contributed by atoms with Gasteiger partial charge in [-0.05, 0) is 54.6 Å². The number of rotatable bonds is 3. The van der Waals surface area contributed by atoms with Crippen LogP contribution in [0.3, 0.4) is 0 Å². The minimum Gasteiger partial charge on any atom is -0.444 e. The average Bonchev–Trinajstić information content (AvgIpc) is 3.08. The Kier molecular flexibility index (Phi) is 5.08. The lowest BCUT2D eigenvalue weighted by Crippen LogP contribution is -2.49.